The largest absolute Gasteiger partial charge is 0.378 e. The second-order valence-corrected chi connectivity index (χ2v) is 6.02. The number of nitrogens with two attached hydrogens (primary N) is 1. The van der Waals surface area contributed by atoms with Crippen molar-refractivity contribution in [2.24, 2.45) is 11.7 Å². The zero-order valence-corrected chi connectivity index (χ0v) is 11.9. The van der Waals surface area contributed by atoms with Crippen LogP contribution >= 0.6 is 0 Å². The molecule has 1 unspecified atom stereocenters. The topological polar surface area (TPSA) is 38.5 Å². The zero-order valence-electron chi connectivity index (χ0n) is 11.9. The molecule has 1 aliphatic carbocycles. The van der Waals surface area contributed by atoms with E-state index in [0.717, 1.165) is 19.1 Å². The molecule has 1 atom stereocenters. The van der Waals surface area contributed by atoms with Crippen molar-refractivity contribution in [1.82, 2.24) is 4.90 Å². The second-order valence-electron chi connectivity index (χ2n) is 6.02. The van der Waals surface area contributed by atoms with Crippen LogP contribution < -0.4 is 5.73 Å². The molecule has 1 saturated heterocycles. The Kier molecular flexibility index (Phi) is 5.93. The first-order valence-corrected chi connectivity index (χ1v) is 7.89. The van der Waals surface area contributed by atoms with Crippen LogP contribution in [-0.2, 0) is 4.74 Å². The minimum Gasteiger partial charge on any atom is -0.378 e. The van der Waals surface area contributed by atoms with E-state index in [4.69, 9.17) is 10.5 Å². The lowest BCUT2D eigenvalue weighted by atomic mass is 9.84. The third-order valence-corrected chi connectivity index (χ3v) is 4.66. The Morgan fingerprint density at radius 2 is 1.78 bits per heavy atom. The van der Waals surface area contributed by atoms with Crippen molar-refractivity contribution in [2.45, 2.75) is 64.0 Å². The fourth-order valence-corrected chi connectivity index (χ4v) is 3.50. The summed E-state index contributed by atoms with van der Waals surface area (Å²) in [4.78, 5) is 2.55. The number of hydrogen-bond acceptors (Lipinski definition) is 3. The molecule has 0 aromatic carbocycles. The van der Waals surface area contributed by atoms with Gasteiger partial charge in [0, 0.05) is 32.3 Å². The van der Waals surface area contributed by atoms with Crippen LogP contribution in [0.25, 0.3) is 0 Å². The van der Waals surface area contributed by atoms with Gasteiger partial charge < -0.3 is 15.4 Å². The van der Waals surface area contributed by atoms with Gasteiger partial charge in [-0.3, -0.25) is 0 Å². The molecular weight excluding hydrogens is 224 g/mol. The van der Waals surface area contributed by atoms with Crippen LogP contribution in [0.5, 0.6) is 0 Å². The summed E-state index contributed by atoms with van der Waals surface area (Å²) in [6, 6.07) is 0.397. The van der Waals surface area contributed by atoms with Gasteiger partial charge in [0.1, 0.15) is 0 Å². The fraction of sp³-hybridized carbons (Fsp3) is 1.00. The highest BCUT2D eigenvalue weighted by atomic mass is 16.5. The van der Waals surface area contributed by atoms with Gasteiger partial charge in [-0.1, -0.05) is 19.3 Å². The zero-order chi connectivity index (χ0) is 12.8. The van der Waals surface area contributed by atoms with Crippen LogP contribution in [-0.4, -0.2) is 43.3 Å². The maximum Gasteiger partial charge on any atom is 0.0599 e. The maximum absolute atomic E-state index is 6.40. The van der Waals surface area contributed by atoms with Crippen LogP contribution in [0.4, 0.5) is 0 Å². The van der Waals surface area contributed by atoms with E-state index < -0.39 is 0 Å². The van der Waals surface area contributed by atoms with Crippen LogP contribution in [0.2, 0.25) is 0 Å². The van der Waals surface area contributed by atoms with Crippen molar-refractivity contribution in [2.75, 3.05) is 26.2 Å². The molecule has 0 bridgehead atoms. The van der Waals surface area contributed by atoms with Gasteiger partial charge in [-0.05, 0) is 38.5 Å². The molecule has 0 radical (unpaired) electrons. The first-order valence-electron chi connectivity index (χ1n) is 7.89. The van der Waals surface area contributed by atoms with Crippen molar-refractivity contribution in [3.63, 3.8) is 0 Å². The Balaban J connectivity index is 1.67. The molecule has 0 aromatic rings. The average Bonchev–Trinajstić information content (AvgIpc) is 2.42. The van der Waals surface area contributed by atoms with E-state index >= 15 is 0 Å². The summed E-state index contributed by atoms with van der Waals surface area (Å²) in [6.07, 6.45) is 9.79. The van der Waals surface area contributed by atoms with Crippen molar-refractivity contribution in [1.29, 1.82) is 0 Å². The van der Waals surface area contributed by atoms with Gasteiger partial charge in [-0.25, -0.2) is 0 Å². The smallest absolute Gasteiger partial charge is 0.0599 e. The second kappa shape index (κ2) is 7.46. The van der Waals surface area contributed by atoms with Crippen LogP contribution in [0, 0.1) is 5.92 Å². The molecule has 0 spiro atoms. The highest BCUT2D eigenvalue weighted by Gasteiger charge is 2.25. The van der Waals surface area contributed by atoms with Gasteiger partial charge in [0.2, 0.25) is 0 Å². The van der Waals surface area contributed by atoms with Gasteiger partial charge in [0.25, 0.3) is 0 Å². The van der Waals surface area contributed by atoms with E-state index in [2.05, 4.69) is 11.8 Å². The Morgan fingerprint density at radius 1 is 1.11 bits per heavy atom. The first kappa shape index (κ1) is 14.3. The third kappa shape index (κ3) is 4.22. The monoisotopic (exact) mass is 254 g/mol. The standard InChI is InChI=1S/C15H30N2O/c1-2-18-14-8-10-17(11-9-14)12-15(16)13-6-4-3-5-7-13/h13-15H,2-12,16H2,1H3. The highest BCUT2D eigenvalue weighted by molar-refractivity contribution is 4.81. The van der Waals surface area contributed by atoms with E-state index in [1.54, 1.807) is 0 Å². The summed E-state index contributed by atoms with van der Waals surface area (Å²) in [5.74, 6) is 0.781. The molecule has 106 valence electrons. The predicted molar refractivity (Wildman–Crippen MR) is 75.6 cm³/mol. The number of hydrogen-bond donors (Lipinski definition) is 1. The maximum atomic E-state index is 6.40. The van der Waals surface area contributed by atoms with Crippen LogP contribution in [0.1, 0.15) is 51.9 Å². The number of nitrogens with zero attached hydrogens (tertiary/aromatic N) is 1. The number of rotatable bonds is 5. The minimum atomic E-state index is 0.397. The Hall–Kier alpha value is -0.120. The predicted octanol–water partition coefficient (Wildman–Crippen LogP) is 2.39. The molecule has 1 saturated carbocycles. The van der Waals surface area contributed by atoms with Crippen molar-refractivity contribution < 1.29 is 4.74 Å². The van der Waals surface area contributed by atoms with Crippen molar-refractivity contribution in [3.8, 4) is 0 Å². The van der Waals surface area contributed by atoms with E-state index in [1.165, 1.54) is 58.0 Å². The van der Waals surface area contributed by atoms with E-state index in [-0.39, 0.29) is 0 Å². The highest BCUT2D eigenvalue weighted by Crippen LogP contribution is 2.26. The SMILES string of the molecule is CCOC1CCN(CC(N)C2CCCCC2)CC1. The summed E-state index contributed by atoms with van der Waals surface area (Å²) in [7, 11) is 0. The normalized spacial score (nSPS) is 26.3. The Morgan fingerprint density at radius 3 is 2.39 bits per heavy atom. The fourth-order valence-electron chi connectivity index (χ4n) is 3.50. The summed E-state index contributed by atoms with van der Waals surface area (Å²) < 4.78 is 5.69. The first-order chi connectivity index (χ1) is 8.79. The average molecular weight is 254 g/mol. The molecule has 0 amide bonds. The molecule has 0 aromatic heterocycles. The lowest BCUT2D eigenvalue weighted by Crippen LogP contribution is -2.46. The van der Waals surface area contributed by atoms with Gasteiger partial charge in [0.05, 0.1) is 6.10 Å². The van der Waals surface area contributed by atoms with Gasteiger partial charge in [0.15, 0.2) is 0 Å². The molecule has 3 heteroatoms. The molecule has 3 nitrogen and oxygen atoms in total. The van der Waals surface area contributed by atoms with Gasteiger partial charge in [-0.2, -0.15) is 0 Å². The lowest BCUT2D eigenvalue weighted by Gasteiger charge is -2.36. The van der Waals surface area contributed by atoms with Crippen molar-refractivity contribution in [3.05, 3.63) is 0 Å². The molecule has 1 heterocycles. The number of ether oxygens (including phenoxy) is 1. The molecule has 1 aliphatic heterocycles. The summed E-state index contributed by atoms with van der Waals surface area (Å²) in [5, 5.41) is 0. The Bertz CT molecular complexity index is 221. The van der Waals surface area contributed by atoms with Crippen molar-refractivity contribution >= 4 is 0 Å². The molecule has 2 fully saturated rings. The minimum absolute atomic E-state index is 0.397. The molecule has 2 rings (SSSR count). The summed E-state index contributed by atoms with van der Waals surface area (Å²) >= 11 is 0. The third-order valence-electron chi connectivity index (χ3n) is 4.66. The van der Waals surface area contributed by atoms with E-state index in [1.807, 2.05) is 0 Å². The molecule has 18 heavy (non-hydrogen) atoms. The van der Waals surface area contributed by atoms with E-state index in [9.17, 15) is 0 Å². The van der Waals surface area contributed by atoms with Crippen LogP contribution in [0.3, 0.4) is 0 Å². The quantitative estimate of drug-likeness (QED) is 0.819. The number of piperidine rings is 1. The van der Waals surface area contributed by atoms with E-state index in [0.29, 0.717) is 12.1 Å². The molecule has 2 aliphatic rings. The molecular formula is C15H30N2O. The number of likely N-dealkylation sites (tertiary alicyclic amines) is 1. The van der Waals surface area contributed by atoms with Crippen LogP contribution in [0.15, 0.2) is 0 Å². The summed E-state index contributed by atoms with van der Waals surface area (Å²) in [6.45, 7) is 6.39. The van der Waals surface area contributed by atoms with Gasteiger partial charge >= 0.3 is 0 Å². The Labute approximate surface area is 112 Å². The van der Waals surface area contributed by atoms with Gasteiger partial charge in [-0.15, -0.1) is 0 Å². The lowest BCUT2D eigenvalue weighted by molar-refractivity contribution is 0.0115. The molecule has 2 N–H and O–H groups in total. The summed E-state index contributed by atoms with van der Waals surface area (Å²) in [5.41, 5.74) is 6.40.